The number of hydrogen-bond acceptors (Lipinski definition) is 5. The van der Waals surface area contributed by atoms with Crippen molar-refractivity contribution >= 4 is 39.1 Å². The molecule has 220 valence electrons. The quantitative estimate of drug-likeness (QED) is 0.282. The van der Waals surface area contributed by atoms with Crippen LogP contribution in [0.4, 0.5) is 10.1 Å². The molecule has 8 nitrogen and oxygen atoms in total. The number of halogens is 2. The Morgan fingerprint density at radius 2 is 1.66 bits per heavy atom. The van der Waals surface area contributed by atoms with Crippen molar-refractivity contribution in [2.24, 2.45) is 0 Å². The van der Waals surface area contributed by atoms with Gasteiger partial charge in [-0.05, 0) is 67.8 Å². The summed E-state index contributed by atoms with van der Waals surface area (Å²) in [5.41, 5.74) is 0.642. The molecule has 0 aliphatic heterocycles. The molecular weight excluding hydrogens is 569 g/mol. The Hall–Kier alpha value is -3.63. The molecule has 0 bridgehead atoms. The summed E-state index contributed by atoms with van der Waals surface area (Å²) in [6, 6.07) is 16.7. The molecule has 0 heterocycles. The molecular formula is C30H35ClFN3O5S. The number of nitrogens with one attached hydrogen (secondary N) is 1. The Morgan fingerprint density at radius 1 is 1.00 bits per heavy atom. The average Bonchev–Trinajstić information content (AvgIpc) is 2.96. The topological polar surface area (TPSA) is 96.0 Å². The highest BCUT2D eigenvalue weighted by Crippen LogP contribution is 2.35. The highest BCUT2D eigenvalue weighted by molar-refractivity contribution is 7.92. The number of nitrogens with zero attached hydrogens (tertiary/aromatic N) is 2. The van der Waals surface area contributed by atoms with Crippen LogP contribution in [0.25, 0.3) is 0 Å². The van der Waals surface area contributed by atoms with Crippen LogP contribution in [0.1, 0.15) is 39.2 Å². The number of amides is 2. The Balaban J connectivity index is 2.11. The van der Waals surface area contributed by atoms with Crippen LogP contribution in [-0.4, -0.2) is 50.9 Å². The Morgan fingerprint density at radius 3 is 2.24 bits per heavy atom. The fraction of sp³-hybridized carbons (Fsp3) is 0.333. The van der Waals surface area contributed by atoms with E-state index in [0.29, 0.717) is 12.0 Å². The molecule has 1 N–H and O–H groups in total. The summed E-state index contributed by atoms with van der Waals surface area (Å²) in [6.45, 7) is 4.86. The van der Waals surface area contributed by atoms with Gasteiger partial charge in [-0.25, -0.2) is 12.8 Å². The fourth-order valence-corrected chi connectivity index (χ4v) is 5.84. The van der Waals surface area contributed by atoms with Gasteiger partial charge in [0.15, 0.2) is 0 Å². The van der Waals surface area contributed by atoms with E-state index < -0.39 is 34.3 Å². The molecule has 3 aromatic rings. The van der Waals surface area contributed by atoms with Crippen LogP contribution < -0.4 is 14.4 Å². The largest absolute Gasteiger partial charge is 0.495 e. The normalized spacial score (nSPS) is 12.7. The first-order chi connectivity index (χ1) is 19.5. The maximum atomic E-state index is 14.1. The summed E-state index contributed by atoms with van der Waals surface area (Å²) in [4.78, 5) is 28.7. The maximum absolute atomic E-state index is 14.1. The zero-order valence-electron chi connectivity index (χ0n) is 23.5. The number of sulfonamides is 1. The zero-order chi connectivity index (χ0) is 30.2. The Labute approximate surface area is 246 Å². The Kier molecular flexibility index (Phi) is 11.1. The number of hydrogen-bond donors (Lipinski definition) is 1. The van der Waals surface area contributed by atoms with Gasteiger partial charge in [0.2, 0.25) is 11.8 Å². The molecule has 0 saturated heterocycles. The van der Waals surface area contributed by atoms with Gasteiger partial charge >= 0.3 is 0 Å². The summed E-state index contributed by atoms with van der Waals surface area (Å²) < 4.78 is 47.9. The minimum atomic E-state index is -4.29. The number of carbonyl (C=O) groups is 2. The number of rotatable bonds is 13. The van der Waals surface area contributed by atoms with Gasteiger partial charge < -0.3 is 15.0 Å². The van der Waals surface area contributed by atoms with Crippen molar-refractivity contribution in [2.45, 2.75) is 57.1 Å². The van der Waals surface area contributed by atoms with E-state index in [1.54, 1.807) is 31.2 Å². The predicted octanol–water partition coefficient (Wildman–Crippen LogP) is 5.41. The van der Waals surface area contributed by atoms with E-state index in [1.807, 2.05) is 13.8 Å². The zero-order valence-corrected chi connectivity index (χ0v) is 25.1. The average molecular weight is 604 g/mol. The van der Waals surface area contributed by atoms with Crippen molar-refractivity contribution in [1.29, 1.82) is 0 Å². The van der Waals surface area contributed by atoms with Crippen LogP contribution in [0.15, 0.2) is 77.7 Å². The number of benzene rings is 3. The molecule has 0 aliphatic carbocycles. The minimum absolute atomic E-state index is 0.0403. The van der Waals surface area contributed by atoms with Gasteiger partial charge in [-0.15, -0.1) is 0 Å². The standard InChI is InChI=1S/C30H35ClFN3O5S/c1-5-21(3)33-30(37)26(6-2)34(19-22-12-15-24(32)16-13-22)29(36)20-35(27-18-23(31)14-17-28(27)40-4)41(38,39)25-10-8-7-9-11-25/h7-18,21,26H,5-6,19-20H2,1-4H3,(H,33,37)/t21-,26+/m0/s1. The lowest BCUT2D eigenvalue weighted by molar-refractivity contribution is -0.140. The van der Waals surface area contributed by atoms with E-state index in [0.717, 1.165) is 4.31 Å². The summed E-state index contributed by atoms with van der Waals surface area (Å²) in [7, 11) is -2.91. The fourth-order valence-electron chi connectivity index (χ4n) is 4.24. The van der Waals surface area contributed by atoms with Crippen molar-refractivity contribution in [2.75, 3.05) is 18.0 Å². The highest BCUT2D eigenvalue weighted by Gasteiger charge is 2.35. The van der Waals surface area contributed by atoms with Crippen molar-refractivity contribution in [3.63, 3.8) is 0 Å². The second-order valence-electron chi connectivity index (χ2n) is 9.53. The lowest BCUT2D eigenvalue weighted by atomic mass is 10.1. The molecule has 0 saturated carbocycles. The molecule has 0 radical (unpaired) electrons. The molecule has 2 atom stereocenters. The second kappa shape index (κ2) is 14.3. The van der Waals surface area contributed by atoms with Crippen LogP contribution in [0.3, 0.4) is 0 Å². The summed E-state index contributed by atoms with van der Waals surface area (Å²) in [5.74, 6) is -1.26. The minimum Gasteiger partial charge on any atom is -0.495 e. The smallest absolute Gasteiger partial charge is 0.264 e. The van der Waals surface area contributed by atoms with Gasteiger partial charge in [0.05, 0.1) is 17.7 Å². The molecule has 0 spiro atoms. The van der Waals surface area contributed by atoms with Gasteiger partial charge in [-0.1, -0.05) is 55.8 Å². The SMILES string of the molecule is CC[C@H](C(=O)N[C@@H](C)CC)N(Cc1ccc(F)cc1)C(=O)CN(c1cc(Cl)ccc1OC)S(=O)(=O)c1ccccc1. The first-order valence-electron chi connectivity index (χ1n) is 13.3. The van der Waals surface area contributed by atoms with Gasteiger partial charge in [0.25, 0.3) is 10.0 Å². The van der Waals surface area contributed by atoms with Crippen LogP contribution in [0.5, 0.6) is 5.75 Å². The molecule has 41 heavy (non-hydrogen) atoms. The van der Waals surface area contributed by atoms with Crippen LogP contribution >= 0.6 is 11.6 Å². The monoisotopic (exact) mass is 603 g/mol. The summed E-state index contributed by atoms with van der Waals surface area (Å²) in [6.07, 6.45) is 0.951. The molecule has 11 heteroatoms. The van der Waals surface area contributed by atoms with Crippen molar-refractivity contribution in [1.82, 2.24) is 10.2 Å². The van der Waals surface area contributed by atoms with Crippen molar-refractivity contribution in [3.05, 3.63) is 89.2 Å². The van der Waals surface area contributed by atoms with E-state index >= 15 is 0 Å². The van der Waals surface area contributed by atoms with Gasteiger partial charge in [-0.2, -0.15) is 0 Å². The number of methoxy groups -OCH3 is 1. The van der Waals surface area contributed by atoms with Crippen LogP contribution in [0, 0.1) is 5.82 Å². The first-order valence-corrected chi connectivity index (χ1v) is 15.1. The summed E-state index contributed by atoms with van der Waals surface area (Å²) >= 11 is 6.25. The van der Waals surface area contributed by atoms with E-state index in [4.69, 9.17) is 16.3 Å². The Bertz CT molecular complexity index is 1440. The molecule has 0 fully saturated rings. The lowest BCUT2D eigenvalue weighted by Gasteiger charge is -2.34. The third kappa shape index (κ3) is 7.98. The van der Waals surface area contributed by atoms with Crippen molar-refractivity contribution < 1.29 is 27.1 Å². The molecule has 3 rings (SSSR count). The molecule has 3 aromatic carbocycles. The second-order valence-corrected chi connectivity index (χ2v) is 11.8. The molecule has 0 unspecified atom stereocenters. The molecule has 0 aromatic heterocycles. The lowest BCUT2D eigenvalue weighted by Crippen LogP contribution is -2.53. The molecule has 2 amide bonds. The van der Waals surface area contributed by atoms with Gasteiger partial charge in [0.1, 0.15) is 24.2 Å². The highest BCUT2D eigenvalue weighted by atomic mass is 35.5. The van der Waals surface area contributed by atoms with Crippen molar-refractivity contribution in [3.8, 4) is 5.75 Å². The number of carbonyl (C=O) groups excluding carboxylic acids is 2. The number of anilines is 1. The number of ether oxygens (including phenoxy) is 1. The van der Waals surface area contributed by atoms with Crippen LogP contribution in [0.2, 0.25) is 5.02 Å². The van der Waals surface area contributed by atoms with Gasteiger partial charge in [-0.3, -0.25) is 13.9 Å². The predicted molar refractivity (Wildman–Crippen MR) is 158 cm³/mol. The van der Waals surface area contributed by atoms with E-state index in [1.165, 1.54) is 60.5 Å². The van der Waals surface area contributed by atoms with E-state index in [9.17, 15) is 22.4 Å². The van der Waals surface area contributed by atoms with Crippen LogP contribution in [-0.2, 0) is 26.2 Å². The third-order valence-corrected chi connectivity index (χ3v) is 8.68. The summed E-state index contributed by atoms with van der Waals surface area (Å²) in [5, 5.41) is 3.16. The third-order valence-electron chi connectivity index (χ3n) is 6.67. The van der Waals surface area contributed by atoms with Gasteiger partial charge in [0, 0.05) is 17.6 Å². The first kappa shape index (κ1) is 31.9. The van der Waals surface area contributed by atoms with E-state index in [-0.39, 0.29) is 46.3 Å². The molecule has 0 aliphatic rings. The maximum Gasteiger partial charge on any atom is 0.264 e. The van der Waals surface area contributed by atoms with E-state index in [2.05, 4.69) is 5.32 Å².